The van der Waals surface area contributed by atoms with Crippen LogP contribution in [0.25, 0.3) is 0 Å². The first-order valence-electron chi connectivity index (χ1n) is 11.1. The lowest BCUT2D eigenvalue weighted by atomic mass is 9.97. The molecule has 0 saturated carbocycles. The molecule has 1 saturated heterocycles. The van der Waals surface area contributed by atoms with E-state index in [1.165, 1.54) is 4.31 Å². The number of carbonyl (C=O) groups excluding carboxylic acids is 2. The van der Waals surface area contributed by atoms with Gasteiger partial charge in [-0.25, -0.2) is 12.7 Å². The quantitative estimate of drug-likeness (QED) is 0.582. The predicted molar refractivity (Wildman–Crippen MR) is 131 cm³/mol. The number of rotatable bonds is 8. The van der Waals surface area contributed by atoms with Gasteiger partial charge in [0.05, 0.1) is 17.0 Å². The van der Waals surface area contributed by atoms with Gasteiger partial charge in [0.1, 0.15) is 0 Å². The van der Waals surface area contributed by atoms with Gasteiger partial charge in [-0.1, -0.05) is 42.8 Å². The van der Waals surface area contributed by atoms with Gasteiger partial charge in [0.15, 0.2) is 0 Å². The van der Waals surface area contributed by atoms with Gasteiger partial charge in [-0.05, 0) is 56.0 Å². The fourth-order valence-electron chi connectivity index (χ4n) is 3.71. The third kappa shape index (κ3) is 6.79. The molecular formula is C24H30ClN3O4S. The van der Waals surface area contributed by atoms with Crippen molar-refractivity contribution >= 4 is 39.1 Å². The lowest BCUT2D eigenvalue weighted by molar-refractivity contribution is -0.120. The number of halogens is 1. The molecule has 3 rings (SSSR count). The van der Waals surface area contributed by atoms with Crippen LogP contribution < -0.4 is 10.6 Å². The minimum Gasteiger partial charge on any atom is -0.350 e. The predicted octanol–water partition coefficient (Wildman–Crippen LogP) is 4.05. The highest BCUT2D eigenvalue weighted by Gasteiger charge is 2.31. The van der Waals surface area contributed by atoms with Crippen LogP contribution in [0, 0.1) is 5.92 Å². The normalized spacial score (nSPS) is 16.2. The maximum Gasteiger partial charge on any atom is 0.253 e. The number of para-hydroxylation sites is 1. The zero-order valence-electron chi connectivity index (χ0n) is 18.9. The van der Waals surface area contributed by atoms with Gasteiger partial charge in [-0.3, -0.25) is 9.59 Å². The largest absolute Gasteiger partial charge is 0.350 e. The molecule has 33 heavy (non-hydrogen) atoms. The van der Waals surface area contributed by atoms with Gasteiger partial charge in [-0.15, -0.1) is 0 Å². The van der Waals surface area contributed by atoms with Gasteiger partial charge in [0.2, 0.25) is 15.9 Å². The molecule has 0 spiro atoms. The molecule has 0 radical (unpaired) electrons. The van der Waals surface area contributed by atoms with E-state index in [4.69, 9.17) is 11.6 Å². The first-order valence-corrected chi connectivity index (χ1v) is 13.1. The maximum atomic E-state index is 12.9. The van der Waals surface area contributed by atoms with Crippen LogP contribution in [0.15, 0.2) is 48.5 Å². The number of anilines is 1. The molecule has 7 nitrogen and oxygen atoms in total. The molecule has 1 atom stereocenters. The Bertz CT molecular complexity index is 1080. The lowest BCUT2D eigenvalue weighted by Crippen LogP contribution is -2.42. The summed E-state index contributed by atoms with van der Waals surface area (Å²) in [6.45, 7) is 4.48. The number of sulfonamides is 1. The van der Waals surface area contributed by atoms with E-state index in [-0.39, 0.29) is 42.6 Å². The Hall–Kier alpha value is -2.42. The number of amides is 2. The first-order chi connectivity index (χ1) is 15.7. The van der Waals surface area contributed by atoms with Crippen molar-refractivity contribution in [2.45, 2.75) is 44.9 Å². The van der Waals surface area contributed by atoms with E-state index in [2.05, 4.69) is 10.6 Å². The molecule has 1 aliphatic heterocycles. The summed E-state index contributed by atoms with van der Waals surface area (Å²) in [7, 11) is -3.48. The van der Waals surface area contributed by atoms with Crippen molar-refractivity contribution in [2.75, 3.05) is 18.4 Å². The average Bonchev–Trinajstić information content (AvgIpc) is 2.80. The Kier molecular flexibility index (Phi) is 8.51. The Morgan fingerprint density at radius 1 is 1.09 bits per heavy atom. The number of benzene rings is 2. The van der Waals surface area contributed by atoms with Crippen molar-refractivity contribution in [2.24, 2.45) is 5.92 Å². The SMILES string of the molecule is CCC(C)NC(=O)c1ccccc1NC(=O)C1CCN(S(=O)(=O)Cc2ccc(Cl)cc2)CC1. The molecule has 2 aromatic carbocycles. The van der Waals surface area contributed by atoms with Gasteiger partial charge in [0.25, 0.3) is 5.91 Å². The van der Waals surface area contributed by atoms with Crippen molar-refractivity contribution in [1.29, 1.82) is 0 Å². The van der Waals surface area contributed by atoms with Crippen LogP contribution in [0.2, 0.25) is 5.02 Å². The summed E-state index contributed by atoms with van der Waals surface area (Å²) in [5.41, 5.74) is 1.54. The molecular weight excluding hydrogens is 462 g/mol. The smallest absolute Gasteiger partial charge is 0.253 e. The fraction of sp³-hybridized carbons (Fsp3) is 0.417. The fourth-order valence-corrected chi connectivity index (χ4v) is 5.40. The van der Waals surface area contributed by atoms with Gasteiger partial charge >= 0.3 is 0 Å². The highest BCUT2D eigenvalue weighted by molar-refractivity contribution is 7.88. The van der Waals surface area contributed by atoms with Crippen LogP contribution in [0.4, 0.5) is 5.69 Å². The van der Waals surface area contributed by atoms with Crippen LogP contribution in [-0.4, -0.2) is 43.7 Å². The van der Waals surface area contributed by atoms with Crippen LogP contribution >= 0.6 is 11.6 Å². The number of nitrogens with one attached hydrogen (secondary N) is 2. The van der Waals surface area contributed by atoms with E-state index in [0.29, 0.717) is 34.7 Å². The van der Waals surface area contributed by atoms with Crippen LogP contribution in [0.1, 0.15) is 49.0 Å². The molecule has 1 heterocycles. The van der Waals surface area contributed by atoms with Crippen molar-refractivity contribution in [3.8, 4) is 0 Å². The second-order valence-corrected chi connectivity index (χ2v) is 10.8. The molecule has 0 aliphatic carbocycles. The average molecular weight is 492 g/mol. The van der Waals surface area contributed by atoms with Crippen molar-refractivity contribution in [3.63, 3.8) is 0 Å². The monoisotopic (exact) mass is 491 g/mol. The second-order valence-electron chi connectivity index (χ2n) is 8.37. The van der Waals surface area contributed by atoms with E-state index in [1.807, 2.05) is 13.8 Å². The first kappa shape index (κ1) is 25.2. The summed E-state index contributed by atoms with van der Waals surface area (Å²) in [6, 6.07) is 13.7. The summed E-state index contributed by atoms with van der Waals surface area (Å²) >= 11 is 5.87. The molecule has 1 aliphatic rings. The highest BCUT2D eigenvalue weighted by atomic mass is 35.5. The van der Waals surface area contributed by atoms with E-state index >= 15 is 0 Å². The summed E-state index contributed by atoms with van der Waals surface area (Å²) < 4.78 is 27.0. The van der Waals surface area contributed by atoms with E-state index < -0.39 is 10.0 Å². The Balaban J connectivity index is 1.59. The Labute approximate surface area is 200 Å². The third-order valence-electron chi connectivity index (χ3n) is 5.90. The van der Waals surface area contributed by atoms with E-state index in [9.17, 15) is 18.0 Å². The maximum absolute atomic E-state index is 12.9. The van der Waals surface area contributed by atoms with Gasteiger partial charge in [-0.2, -0.15) is 0 Å². The molecule has 1 unspecified atom stereocenters. The molecule has 9 heteroatoms. The van der Waals surface area contributed by atoms with Crippen molar-refractivity contribution < 1.29 is 18.0 Å². The second kappa shape index (κ2) is 11.1. The van der Waals surface area contributed by atoms with Gasteiger partial charge in [0, 0.05) is 30.1 Å². The van der Waals surface area contributed by atoms with Crippen molar-refractivity contribution in [1.82, 2.24) is 9.62 Å². The van der Waals surface area contributed by atoms with E-state index in [1.54, 1.807) is 48.5 Å². The summed E-state index contributed by atoms with van der Waals surface area (Å²) in [6.07, 6.45) is 1.65. The van der Waals surface area contributed by atoms with Gasteiger partial charge < -0.3 is 10.6 Å². The van der Waals surface area contributed by atoms with Crippen LogP contribution in [0.5, 0.6) is 0 Å². The zero-order chi connectivity index (χ0) is 24.0. The standard InChI is InChI=1S/C24H30ClN3O4S/c1-3-17(2)26-24(30)21-6-4-5-7-22(21)27-23(29)19-12-14-28(15-13-19)33(31,32)16-18-8-10-20(25)11-9-18/h4-11,17,19H,3,12-16H2,1-2H3,(H,26,30)(H,27,29). The zero-order valence-corrected chi connectivity index (χ0v) is 20.5. The Morgan fingerprint density at radius 2 is 1.73 bits per heavy atom. The minimum atomic E-state index is -3.48. The third-order valence-corrected chi connectivity index (χ3v) is 8.00. The Morgan fingerprint density at radius 3 is 2.36 bits per heavy atom. The molecule has 2 aromatic rings. The molecule has 2 amide bonds. The number of hydrogen-bond acceptors (Lipinski definition) is 4. The summed E-state index contributed by atoms with van der Waals surface area (Å²) in [5.74, 6) is -0.853. The molecule has 0 aromatic heterocycles. The molecule has 178 valence electrons. The number of carbonyl (C=O) groups is 2. The minimum absolute atomic E-state index is 0.0282. The van der Waals surface area contributed by atoms with Crippen LogP contribution in [0.3, 0.4) is 0 Å². The topological polar surface area (TPSA) is 95.6 Å². The summed E-state index contributed by atoms with van der Waals surface area (Å²) in [5, 5.41) is 6.34. The number of hydrogen-bond donors (Lipinski definition) is 2. The summed E-state index contributed by atoms with van der Waals surface area (Å²) in [4.78, 5) is 25.4. The van der Waals surface area contributed by atoms with Crippen LogP contribution in [-0.2, 0) is 20.6 Å². The van der Waals surface area contributed by atoms with Crippen molar-refractivity contribution in [3.05, 3.63) is 64.7 Å². The molecule has 0 bridgehead atoms. The highest BCUT2D eigenvalue weighted by Crippen LogP contribution is 2.24. The number of piperidine rings is 1. The lowest BCUT2D eigenvalue weighted by Gasteiger charge is -2.30. The molecule has 2 N–H and O–H groups in total. The number of nitrogens with zero attached hydrogens (tertiary/aromatic N) is 1. The van der Waals surface area contributed by atoms with E-state index in [0.717, 1.165) is 6.42 Å². The molecule has 1 fully saturated rings.